The van der Waals surface area contributed by atoms with Crippen LogP contribution < -0.4 is 10.6 Å². The summed E-state index contributed by atoms with van der Waals surface area (Å²) in [5, 5.41) is 7.41. The normalized spacial score (nSPS) is 49.8. The third-order valence-corrected chi connectivity index (χ3v) is 4.27. The molecule has 2 saturated heterocycles. The molecule has 2 heterocycles. The molecule has 74 valence electrons. The van der Waals surface area contributed by atoms with Gasteiger partial charge < -0.3 is 5.32 Å². The maximum atomic E-state index is 3.78. The van der Waals surface area contributed by atoms with Crippen molar-refractivity contribution >= 4 is 0 Å². The summed E-state index contributed by atoms with van der Waals surface area (Å²) < 4.78 is 0. The largest absolute Gasteiger partial charge is 0.302 e. The zero-order chi connectivity index (χ0) is 8.67. The van der Waals surface area contributed by atoms with Crippen LogP contribution in [0.2, 0.25) is 0 Å². The monoisotopic (exact) mass is 180 g/mol. The van der Waals surface area contributed by atoms with Gasteiger partial charge in [0.05, 0.1) is 6.17 Å². The average molecular weight is 180 g/mol. The Morgan fingerprint density at radius 1 is 0.846 bits per heavy atom. The first-order valence-corrected chi connectivity index (χ1v) is 5.94. The summed E-state index contributed by atoms with van der Waals surface area (Å²) in [5.41, 5.74) is 0. The predicted octanol–water partition coefficient (Wildman–Crippen LogP) is 1.47. The van der Waals surface area contributed by atoms with Gasteiger partial charge in [0.2, 0.25) is 0 Å². The van der Waals surface area contributed by atoms with Gasteiger partial charge in [-0.3, -0.25) is 5.32 Å². The molecule has 0 amide bonds. The van der Waals surface area contributed by atoms with Crippen LogP contribution in [0.25, 0.3) is 0 Å². The number of rotatable bonds is 0. The van der Waals surface area contributed by atoms with Gasteiger partial charge in [-0.25, -0.2) is 0 Å². The molecule has 1 saturated carbocycles. The molecular formula is C11H20N2. The molecule has 1 aliphatic carbocycles. The standard InChI is InChI=1S/C11H20N2/c1-2-6-10-8(4-1)9-5-3-7-12-11(9)13-10/h8-13H,1-7H2. The van der Waals surface area contributed by atoms with E-state index in [1.165, 1.54) is 45.1 Å². The molecule has 4 atom stereocenters. The van der Waals surface area contributed by atoms with Crippen molar-refractivity contribution in [3.8, 4) is 0 Å². The van der Waals surface area contributed by atoms with Crippen molar-refractivity contribution < 1.29 is 0 Å². The van der Waals surface area contributed by atoms with Gasteiger partial charge in [-0.15, -0.1) is 0 Å². The highest BCUT2D eigenvalue weighted by atomic mass is 15.2. The lowest BCUT2D eigenvalue weighted by Crippen LogP contribution is -2.46. The summed E-state index contributed by atoms with van der Waals surface area (Å²) in [6.45, 7) is 1.23. The Morgan fingerprint density at radius 3 is 2.69 bits per heavy atom. The highest BCUT2D eigenvalue weighted by Crippen LogP contribution is 2.40. The van der Waals surface area contributed by atoms with Gasteiger partial charge in [-0.2, -0.15) is 0 Å². The van der Waals surface area contributed by atoms with Gasteiger partial charge in [0.1, 0.15) is 0 Å². The van der Waals surface area contributed by atoms with Gasteiger partial charge in [0, 0.05) is 6.04 Å². The Hall–Kier alpha value is -0.0800. The second-order valence-corrected chi connectivity index (χ2v) is 4.96. The Morgan fingerprint density at radius 2 is 1.69 bits per heavy atom. The van der Waals surface area contributed by atoms with Crippen LogP contribution in [0, 0.1) is 11.8 Å². The molecule has 2 N–H and O–H groups in total. The second-order valence-electron chi connectivity index (χ2n) is 4.96. The van der Waals surface area contributed by atoms with Crippen LogP contribution in [0.1, 0.15) is 38.5 Å². The van der Waals surface area contributed by atoms with Crippen molar-refractivity contribution in [2.45, 2.75) is 50.7 Å². The molecule has 3 fully saturated rings. The zero-order valence-corrected chi connectivity index (χ0v) is 8.26. The fourth-order valence-electron chi connectivity index (χ4n) is 3.67. The van der Waals surface area contributed by atoms with E-state index in [0.717, 1.165) is 17.9 Å². The van der Waals surface area contributed by atoms with E-state index in [0.29, 0.717) is 6.17 Å². The zero-order valence-electron chi connectivity index (χ0n) is 8.26. The summed E-state index contributed by atoms with van der Waals surface area (Å²) >= 11 is 0. The minimum atomic E-state index is 0.668. The number of hydrogen-bond acceptors (Lipinski definition) is 2. The Bertz CT molecular complexity index is 173. The summed E-state index contributed by atoms with van der Waals surface area (Å²) in [6.07, 6.45) is 9.37. The molecule has 2 aliphatic heterocycles. The maximum absolute atomic E-state index is 3.78. The number of fused-ring (bicyclic) bond motifs is 3. The van der Waals surface area contributed by atoms with Gasteiger partial charge in [0.25, 0.3) is 0 Å². The van der Waals surface area contributed by atoms with Crippen LogP contribution >= 0.6 is 0 Å². The van der Waals surface area contributed by atoms with Crippen LogP contribution in [0.5, 0.6) is 0 Å². The molecule has 2 nitrogen and oxygen atoms in total. The van der Waals surface area contributed by atoms with E-state index >= 15 is 0 Å². The fourth-order valence-corrected chi connectivity index (χ4v) is 3.67. The smallest absolute Gasteiger partial charge is 0.0606 e. The average Bonchev–Trinajstić information content (AvgIpc) is 2.56. The summed E-state index contributed by atoms with van der Waals surface area (Å²) in [7, 11) is 0. The van der Waals surface area contributed by atoms with Gasteiger partial charge in [-0.05, 0) is 44.1 Å². The Kier molecular flexibility index (Phi) is 2.06. The van der Waals surface area contributed by atoms with E-state index in [-0.39, 0.29) is 0 Å². The fraction of sp³-hybridized carbons (Fsp3) is 1.00. The topological polar surface area (TPSA) is 24.1 Å². The van der Waals surface area contributed by atoms with Crippen molar-refractivity contribution in [2.75, 3.05) is 6.54 Å². The molecule has 0 aromatic heterocycles. The minimum Gasteiger partial charge on any atom is -0.302 e. The molecule has 0 bridgehead atoms. The summed E-state index contributed by atoms with van der Waals surface area (Å²) in [4.78, 5) is 0. The third kappa shape index (κ3) is 1.31. The highest BCUT2D eigenvalue weighted by molar-refractivity contribution is 4.99. The van der Waals surface area contributed by atoms with E-state index in [2.05, 4.69) is 10.6 Å². The molecular weight excluding hydrogens is 160 g/mol. The lowest BCUT2D eigenvalue weighted by Gasteiger charge is -2.31. The predicted molar refractivity (Wildman–Crippen MR) is 53.4 cm³/mol. The number of piperidine rings is 1. The molecule has 2 heteroatoms. The first-order valence-electron chi connectivity index (χ1n) is 5.94. The molecule has 3 aliphatic rings. The van der Waals surface area contributed by atoms with Gasteiger partial charge in [-0.1, -0.05) is 12.8 Å². The quantitative estimate of drug-likeness (QED) is 0.590. The van der Waals surface area contributed by atoms with Crippen molar-refractivity contribution in [1.82, 2.24) is 10.6 Å². The molecule has 13 heavy (non-hydrogen) atoms. The first kappa shape index (κ1) is 8.25. The number of hydrogen-bond donors (Lipinski definition) is 2. The van der Waals surface area contributed by atoms with E-state index in [9.17, 15) is 0 Å². The third-order valence-electron chi connectivity index (χ3n) is 4.27. The molecule has 0 aromatic carbocycles. The van der Waals surface area contributed by atoms with E-state index in [4.69, 9.17) is 0 Å². The highest BCUT2D eigenvalue weighted by Gasteiger charge is 2.43. The van der Waals surface area contributed by atoms with Gasteiger partial charge >= 0.3 is 0 Å². The molecule has 4 unspecified atom stereocenters. The molecule has 3 rings (SSSR count). The van der Waals surface area contributed by atoms with Crippen molar-refractivity contribution in [2.24, 2.45) is 11.8 Å². The summed E-state index contributed by atoms with van der Waals surface area (Å²) in [6, 6.07) is 0.856. The van der Waals surface area contributed by atoms with Crippen LogP contribution in [0.15, 0.2) is 0 Å². The van der Waals surface area contributed by atoms with Crippen LogP contribution in [0.3, 0.4) is 0 Å². The lowest BCUT2D eigenvalue weighted by atomic mass is 9.77. The Balaban J connectivity index is 1.76. The lowest BCUT2D eigenvalue weighted by molar-refractivity contribution is 0.223. The van der Waals surface area contributed by atoms with E-state index in [1.54, 1.807) is 0 Å². The van der Waals surface area contributed by atoms with Crippen LogP contribution in [-0.2, 0) is 0 Å². The molecule has 0 spiro atoms. The minimum absolute atomic E-state index is 0.668. The molecule has 0 aromatic rings. The van der Waals surface area contributed by atoms with Gasteiger partial charge in [0.15, 0.2) is 0 Å². The first-order chi connectivity index (χ1) is 6.45. The van der Waals surface area contributed by atoms with Crippen LogP contribution in [-0.4, -0.2) is 18.8 Å². The maximum Gasteiger partial charge on any atom is 0.0606 e. The summed E-state index contributed by atoms with van der Waals surface area (Å²) in [5.74, 6) is 1.96. The van der Waals surface area contributed by atoms with Crippen LogP contribution in [0.4, 0.5) is 0 Å². The molecule has 0 radical (unpaired) electrons. The van der Waals surface area contributed by atoms with E-state index in [1.807, 2.05) is 0 Å². The second kappa shape index (κ2) is 3.25. The number of nitrogens with one attached hydrogen (secondary N) is 2. The van der Waals surface area contributed by atoms with E-state index < -0.39 is 0 Å². The SMILES string of the molecule is C1CCC2C(C1)NC1NCCCC12. The van der Waals surface area contributed by atoms with Crippen molar-refractivity contribution in [3.63, 3.8) is 0 Å². The van der Waals surface area contributed by atoms with Crippen molar-refractivity contribution in [3.05, 3.63) is 0 Å². The van der Waals surface area contributed by atoms with Crippen molar-refractivity contribution in [1.29, 1.82) is 0 Å². The Labute approximate surface area is 80.5 Å².